The summed E-state index contributed by atoms with van der Waals surface area (Å²) >= 11 is 2.97. The summed E-state index contributed by atoms with van der Waals surface area (Å²) < 4.78 is 12.5. The molecule has 0 aliphatic carbocycles. The van der Waals surface area contributed by atoms with Gasteiger partial charge in [-0.2, -0.15) is 16.3 Å². The maximum atomic E-state index is 11.9. The Labute approximate surface area is 145 Å². The topological polar surface area (TPSA) is 98.8 Å². The highest BCUT2D eigenvalue weighted by Crippen LogP contribution is 2.23. The number of nitrogens with zero attached hydrogens (tertiary/aromatic N) is 4. The van der Waals surface area contributed by atoms with Gasteiger partial charge in [0.2, 0.25) is 11.7 Å². The predicted octanol–water partition coefficient (Wildman–Crippen LogP) is 2.15. The minimum absolute atomic E-state index is 0.0771. The van der Waals surface area contributed by atoms with E-state index in [0.717, 1.165) is 25.0 Å². The molecule has 126 valence electrons. The van der Waals surface area contributed by atoms with Crippen molar-refractivity contribution in [2.45, 2.75) is 36.4 Å². The van der Waals surface area contributed by atoms with Crippen molar-refractivity contribution in [3.8, 4) is 11.4 Å². The summed E-state index contributed by atoms with van der Waals surface area (Å²) in [6.07, 6.45) is 2.08. The molecule has 8 nitrogen and oxygen atoms in total. The van der Waals surface area contributed by atoms with E-state index in [2.05, 4.69) is 20.3 Å². The van der Waals surface area contributed by atoms with Crippen LogP contribution in [-0.4, -0.2) is 37.6 Å². The lowest BCUT2D eigenvalue weighted by molar-refractivity contribution is 0.0941. The maximum absolute atomic E-state index is 11.9. The average Bonchev–Trinajstić information content (AvgIpc) is 3.36. The van der Waals surface area contributed by atoms with E-state index in [1.807, 2.05) is 16.8 Å². The minimum Gasteiger partial charge on any atom is -0.376 e. The van der Waals surface area contributed by atoms with Crippen molar-refractivity contribution < 1.29 is 9.26 Å². The molecule has 0 amide bonds. The molecular weight excluding hydrogens is 350 g/mol. The Morgan fingerprint density at radius 2 is 2.46 bits per heavy atom. The van der Waals surface area contributed by atoms with Crippen LogP contribution in [0, 0.1) is 0 Å². The van der Waals surface area contributed by atoms with Gasteiger partial charge in [-0.05, 0) is 24.3 Å². The second-order valence-corrected chi connectivity index (χ2v) is 7.09. The molecule has 1 aliphatic heterocycles. The van der Waals surface area contributed by atoms with Gasteiger partial charge in [0.1, 0.15) is 0 Å². The highest BCUT2D eigenvalue weighted by atomic mass is 32.2. The molecule has 0 saturated carbocycles. The number of thiophene rings is 1. The van der Waals surface area contributed by atoms with Crippen LogP contribution in [-0.2, 0) is 17.0 Å². The van der Waals surface area contributed by atoms with Gasteiger partial charge in [-0.1, -0.05) is 16.9 Å². The molecule has 1 aliphatic rings. The second kappa shape index (κ2) is 6.91. The zero-order valence-corrected chi connectivity index (χ0v) is 14.3. The second-order valence-electron chi connectivity index (χ2n) is 5.37. The summed E-state index contributed by atoms with van der Waals surface area (Å²) in [5.74, 6) is 1.53. The van der Waals surface area contributed by atoms with Crippen LogP contribution in [0.3, 0.4) is 0 Å². The minimum atomic E-state index is -0.225. The van der Waals surface area contributed by atoms with Crippen LogP contribution in [0.1, 0.15) is 18.7 Å². The Kier molecular flexibility index (Phi) is 4.50. The fourth-order valence-corrected chi connectivity index (χ4v) is 3.94. The van der Waals surface area contributed by atoms with Crippen molar-refractivity contribution in [1.82, 2.24) is 24.9 Å². The normalized spacial score (nSPS) is 17.6. The van der Waals surface area contributed by atoms with Gasteiger partial charge in [0.05, 0.1) is 18.4 Å². The van der Waals surface area contributed by atoms with E-state index < -0.39 is 0 Å². The van der Waals surface area contributed by atoms with E-state index in [1.165, 1.54) is 11.8 Å². The fraction of sp³-hybridized carbons (Fsp3) is 0.429. The SMILES string of the molecule is O=c1[nH]nc(SCc2nc(-c3ccsc3)no2)n1C[C@@H]1CCCO1. The number of hydrogen-bond donors (Lipinski definition) is 1. The summed E-state index contributed by atoms with van der Waals surface area (Å²) in [7, 11) is 0. The van der Waals surface area contributed by atoms with Crippen molar-refractivity contribution in [1.29, 1.82) is 0 Å². The quantitative estimate of drug-likeness (QED) is 0.668. The van der Waals surface area contributed by atoms with Gasteiger partial charge in [0.15, 0.2) is 5.16 Å². The van der Waals surface area contributed by atoms with Gasteiger partial charge in [-0.3, -0.25) is 4.57 Å². The zero-order chi connectivity index (χ0) is 16.4. The first kappa shape index (κ1) is 15.6. The molecule has 1 saturated heterocycles. The summed E-state index contributed by atoms with van der Waals surface area (Å²) in [6.45, 7) is 1.27. The third-order valence-corrected chi connectivity index (χ3v) is 5.35. The molecule has 0 aromatic carbocycles. The number of nitrogens with one attached hydrogen (secondary N) is 1. The molecule has 1 fully saturated rings. The van der Waals surface area contributed by atoms with Crippen LogP contribution in [0.15, 0.2) is 31.3 Å². The standard InChI is InChI=1S/C14H15N5O3S2/c20-13-16-17-14(19(13)6-10-2-1-4-21-10)24-8-11-15-12(18-22-11)9-3-5-23-7-9/h3,5,7,10H,1-2,4,6,8H2,(H,16,20)/t10-/m0/s1. The lowest BCUT2D eigenvalue weighted by Crippen LogP contribution is -2.24. The summed E-state index contributed by atoms with van der Waals surface area (Å²) in [5, 5.41) is 15.1. The number of aromatic nitrogens is 5. The Hall–Kier alpha value is -1.91. The molecule has 0 bridgehead atoms. The molecule has 0 spiro atoms. The largest absolute Gasteiger partial charge is 0.376 e. The number of aromatic amines is 1. The highest BCUT2D eigenvalue weighted by Gasteiger charge is 2.20. The third-order valence-electron chi connectivity index (χ3n) is 3.71. The lowest BCUT2D eigenvalue weighted by Gasteiger charge is -2.10. The molecular formula is C14H15N5O3S2. The molecule has 24 heavy (non-hydrogen) atoms. The predicted molar refractivity (Wildman–Crippen MR) is 89.0 cm³/mol. The summed E-state index contributed by atoms with van der Waals surface area (Å²) in [6, 6.07) is 1.94. The average molecular weight is 365 g/mol. The van der Waals surface area contributed by atoms with Gasteiger partial charge in [-0.25, -0.2) is 9.89 Å². The lowest BCUT2D eigenvalue weighted by atomic mass is 10.2. The zero-order valence-electron chi connectivity index (χ0n) is 12.7. The molecule has 3 aromatic rings. The van der Waals surface area contributed by atoms with Gasteiger partial charge >= 0.3 is 5.69 Å². The van der Waals surface area contributed by atoms with Crippen LogP contribution in [0.5, 0.6) is 0 Å². The van der Waals surface area contributed by atoms with E-state index in [-0.39, 0.29) is 11.8 Å². The first-order valence-corrected chi connectivity index (χ1v) is 9.47. The Balaban J connectivity index is 1.43. The number of hydrogen-bond acceptors (Lipinski definition) is 8. The van der Waals surface area contributed by atoms with E-state index in [9.17, 15) is 4.79 Å². The summed E-state index contributed by atoms with van der Waals surface area (Å²) in [5.41, 5.74) is 0.715. The fourth-order valence-electron chi connectivity index (χ4n) is 2.52. The molecule has 3 aromatic heterocycles. The van der Waals surface area contributed by atoms with Crippen molar-refractivity contribution in [3.63, 3.8) is 0 Å². The van der Waals surface area contributed by atoms with E-state index in [1.54, 1.807) is 15.9 Å². The van der Waals surface area contributed by atoms with Crippen LogP contribution in [0.25, 0.3) is 11.4 Å². The summed E-state index contributed by atoms with van der Waals surface area (Å²) in [4.78, 5) is 16.3. The van der Waals surface area contributed by atoms with E-state index in [4.69, 9.17) is 9.26 Å². The number of H-pyrrole nitrogens is 1. The Bertz CT molecular complexity index is 848. The van der Waals surface area contributed by atoms with E-state index >= 15 is 0 Å². The molecule has 4 rings (SSSR count). The first-order valence-electron chi connectivity index (χ1n) is 7.54. The monoisotopic (exact) mass is 365 g/mol. The molecule has 0 unspecified atom stereocenters. The number of ether oxygens (including phenoxy) is 1. The van der Waals surface area contributed by atoms with Crippen molar-refractivity contribution in [3.05, 3.63) is 33.2 Å². The van der Waals surface area contributed by atoms with Crippen molar-refractivity contribution >= 4 is 23.1 Å². The van der Waals surface area contributed by atoms with Gasteiger partial charge in [0, 0.05) is 17.6 Å². The number of rotatable bonds is 6. The first-order chi connectivity index (χ1) is 11.8. The maximum Gasteiger partial charge on any atom is 0.344 e. The Morgan fingerprint density at radius 3 is 3.25 bits per heavy atom. The third kappa shape index (κ3) is 3.30. The van der Waals surface area contributed by atoms with Gasteiger partial charge < -0.3 is 9.26 Å². The molecule has 10 heteroatoms. The van der Waals surface area contributed by atoms with E-state index in [0.29, 0.717) is 29.2 Å². The molecule has 4 heterocycles. The van der Waals surface area contributed by atoms with Crippen molar-refractivity contribution in [2.24, 2.45) is 0 Å². The Morgan fingerprint density at radius 1 is 1.50 bits per heavy atom. The van der Waals surface area contributed by atoms with Crippen molar-refractivity contribution in [2.75, 3.05) is 6.61 Å². The smallest absolute Gasteiger partial charge is 0.344 e. The van der Waals surface area contributed by atoms with Gasteiger partial charge in [-0.15, -0.1) is 5.10 Å². The van der Waals surface area contributed by atoms with Crippen LogP contribution in [0.2, 0.25) is 0 Å². The molecule has 1 atom stereocenters. The van der Waals surface area contributed by atoms with Crippen LogP contribution < -0.4 is 5.69 Å². The van der Waals surface area contributed by atoms with Gasteiger partial charge in [0.25, 0.3) is 0 Å². The number of thioether (sulfide) groups is 1. The highest BCUT2D eigenvalue weighted by molar-refractivity contribution is 7.98. The molecule has 0 radical (unpaired) electrons. The van der Waals surface area contributed by atoms with Crippen LogP contribution >= 0.6 is 23.1 Å². The molecule has 1 N–H and O–H groups in total. The van der Waals surface area contributed by atoms with Crippen LogP contribution in [0.4, 0.5) is 0 Å².